The van der Waals surface area contributed by atoms with Crippen LogP contribution in [0.15, 0.2) is 42.5 Å². The van der Waals surface area contributed by atoms with Crippen molar-refractivity contribution >= 4 is 28.5 Å². The molecule has 0 aliphatic carbocycles. The lowest BCUT2D eigenvalue weighted by Gasteiger charge is -1.98. The number of hydrogen-bond donors (Lipinski definition) is 3. The molecule has 1 amide bonds. The summed E-state index contributed by atoms with van der Waals surface area (Å²) in [7, 11) is 0. The van der Waals surface area contributed by atoms with Crippen molar-refractivity contribution in [2.45, 2.75) is 0 Å². The fraction of sp³-hybridized carbons (Fsp3) is 0. The first-order valence-corrected chi connectivity index (χ1v) is 6.32. The first-order chi connectivity index (χ1) is 9.69. The van der Waals surface area contributed by atoms with E-state index in [2.05, 4.69) is 15.4 Å². The lowest BCUT2D eigenvalue weighted by molar-refractivity contribution is 0.0954. The number of amides is 1. The third kappa shape index (κ3) is 2.13. The standard InChI is InChI=1S/C14H11ClN4O/c15-10-4-2-1-3-9(10)13-17-11-6-5-8(14(20)19-16)7-12(11)18-13/h1-7H,16H2,(H,17,18)(H,19,20). The number of nitrogens with two attached hydrogens (primary N) is 1. The van der Waals surface area contributed by atoms with E-state index in [1.165, 1.54) is 0 Å². The van der Waals surface area contributed by atoms with E-state index >= 15 is 0 Å². The predicted molar refractivity (Wildman–Crippen MR) is 78.2 cm³/mol. The quantitative estimate of drug-likeness (QED) is 0.384. The first-order valence-electron chi connectivity index (χ1n) is 5.94. The number of aromatic nitrogens is 2. The van der Waals surface area contributed by atoms with Crippen LogP contribution >= 0.6 is 11.6 Å². The van der Waals surface area contributed by atoms with Crippen molar-refractivity contribution in [2.24, 2.45) is 5.84 Å². The normalized spacial score (nSPS) is 10.7. The highest BCUT2D eigenvalue weighted by Gasteiger charge is 2.10. The largest absolute Gasteiger partial charge is 0.338 e. The molecule has 0 atom stereocenters. The molecule has 3 rings (SSSR count). The number of aromatic amines is 1. The number of benzene rings is 2. The molecule has 0 saturated carbocycles. The molecule has 0 unspecified atom stereocenters. The number of hydrogen-bond acceptors (Lipinski definition) is 3. The molecule has 0 aliphatic heterocycles. The molecular weight excluding hydrogens is 276 g/mol. The van der Waals surface area contributed by atoms with Crippen LogP contribution in [-0.4, -0.2) is 15.9 Å². The Bertz CT molecular complexity index is 797. The first kappa shape index (κ1) is 12.7. The summed E-state index contributed by atoms with van der Waals surface area (Å²) in [6.45, 7) is 0. The van der Waals surface area contributed by atoms with Gasteiger partial charge in [0.1, 0.15) is 5.82 Å². The van der Waals surface area contributed by atoms with Gasteiger partial charge in [-0.25, -0.2) is 10.8 Å². The highest BCUT2D eigenvalue weighted by Crippen LogP contribution is 2.27. The zero-order chi connectivity index (χ0) is 14.1. The number of imidazole rings is 1. The molecular formula is C14H11ClN4O. The van der Waals surface area contributed by atoms with Gasteiger partial charge in [-0.1, -0.05) is 23.7 Å². The minimum absolute atomic E-state index is 0.346. The Labute approximate surface area is 119 Å². The number of nitrogen functional groups attached to an aromatic ring is 1. The van der Waals surface area contributed by atoms with Crippen LogP contribution in [0.2, 0.25) is 5.02 Å². The molecule has 0 saturated heterocycles. The molecule has 0 aliphatic rings. The van der Waals surface area contributed by atoms with Crippen LogP contribution in [0.1, 0.15) is 10.4 Å². The van der Waals surface area contributed by atoms with Crippen molar-refractivity contribution in [3.05, 3.63) is 53.1 Å². The Balaban J connectivity index is 2.12. The number of carbonyl (C=O) groups excluding carboxylic acids is 1. The maximum Gasteiger partial charge on any atom is 0.265 e. The monoisotopic (exact) mass is 286 g/mol. The zero-order valence-corrected chi connectivity index (χ0v) is 11.1. The average Bonchev–Trinajstić information content (AvgIpc) is 2.89. The number of fused-ring (bicyclic) bond motifs is 1. The van der Waals surface area contributed by atoms with Crippen molar-refractivity contribution < 1.29 is 4.79 Å². The van der Waals surface area contributed by atoms with Gasteiger partial charge in [0.2, 0.25) is 0 Å². The van der Waals surface area contributed by atoms with Gasteiger partial charge >= 0.3 is 0 Å². The molecule has 100 valence electrons. The number of halogens is 1. The van der Waals surface area contributed by atoms with E-state index in [1.54, 1.807) is 24.3 Å². The van der Waals surface area contributed by atoms with Gasteiger partial charge in [-0.15, -0.1) is 0 Å². The van der Waals surface area contributed by atoms with Crippen molar-refractivity contribution in [2.75, 3.05) is 0 Å². The molecule has 2 aromatic carbocycles. The van der Waals surface area contributed by atoms with Crippen molar-refractivity contribution in [1.29, 1.82) is 0 Å². The Kier molecular flexibility index (Phi) is 3.14. The van der Waals surface area contributed by atoms with Gasteiger partial charge in [-0.2, -0.15) is 0 Å². The Morgan fingerprint density at radius 2 is 2.05 bits per heavy atom. The van der Waals surface area contributed by atoms with E-state index in [9.17, 15) is 4.79 Å². The van der Waals surface area contributed by atoms with Crippen LogP contribution in [0.4, 0.5) is 0 Å². The van der Waals surface area contributed by atoms with E-state index in [1.807, 2.05) is 18.2 Å². The Hall–Kier alpha value is -2.37. The summed E-state index contributed by atoms with van der Waals surface area (Å²) in [5.41, 5.74) is 4.89. The van der Waals surface area contributed by atoms with E-state index in [0.717, 1.165) is 16.6 Å². The smallest absolute Gasteiger partial charge is 0.265 e. The van der Waals surface area contributed by atoms with E-state index in [4.69, 9.17) is 17.4 Å². The van der Waals surface area contributed by atoms with Crippen LogP contribution in [0, 0.1) is 0 Å². The Morgan fingerprint density at radius 3 is 2.80 bits per heavy atom. The molecule has 5 nitrogen and oxygen atoms in total. The van der Waals surface area contributed by atoms with Crippen molar-refractivity contribution in [3.8, 4) is 11.4 Å². The fourth-order valence-electron chi connectivity index (χ4n) is 2.02. The van der Waals surface area contributed by atoms with E-state index in [-0.39, 0.29) is 5.91 Å². The Morgan fingerprint density at radius 1 is 1.25 bits per heavy atom. The molecule has 20 heavy (non-hydrogen) atoms. The number of hydrazine groups is 1. The van der Waals surface area contributed by atoms with Gasteiger partial charge in [-0.3, -0.25) is 10.2 Å². The van der Waals surface area contributed by atoms with Crippen molar-refractivity contribution in [1.82, 2.24) is 15.4 Å². The summed E-state index contributed by atoms with van der Waals surface area (Å²) in [6, 6.07) is 12.6. The van der Waals surface area contributed by atoms with Gasteiger partial charge in [0, 0.05) is 11.1 Å². The zero-order valence-electron chi connectivity index (χ0n) is 10.4. The molecule has 4 N–H and O–H groups in total. The van der Waals surface area contributed by atoms with Gasteiger partial charge in [0.25, 0.3) is 5.91 Å². The molecule has 0 radical (unpaired) electrons. The van der Waals surface area contributed by atoms with Gasteiger partial charge in [-0.05, 0) is 30.3 Å². The number of H-pyrrole nitrogens is 1. The topological polar surface area (TPSA) is 83.8 Å². The summed E-state index contributed by atoms with van der Waals surface area (Å²) in [4.78, 5) is 19.1. The van der Waals surface area contributed by atoms with Crippen molar-refractivity contribution in [3.63, 3.8) is 0 Å². The van der Waals surface area contributed by atoms with Crippen LogP contribution in [0.5, 0.6) is 0 Å². The maximum absolute atomic E-state index is 11.5. The van der Waals surface area contributed by atoms with E-state index < -0.39 is 0 Å². The minimum atomic E-state index is -0.346. The predicted octanol–water partition coefficient (Wildman–Crippen LogP) is 2.49. The van der Waals surface area contributed by atoms with Crippen LogP contribution in [-0.2, 0) is 0 Å². The summed E-state index contributed by atoms with van der Waals surface area (Å²) < 4.78 is 0. The lowest BCUT2D eigenvalue weighted by Crippen LogP contribution is -2.29. The second-order valence-electron chi connectivity index (χ2n) is 4.27. The summed E-state index contributed by atoms with van der Waals surface area (Å²) in [5.74, 6) is 5.44. The molecule has 1 aromatic heterocycles. The van der Waals surface area contributed by atoms with Crippen LogP contribution in [0.25, 0.3) is 22.4 Å². The summed E-state index contributed by atoms with van der Waals surface area (Å²) >= 11 is 6.15. The second-order valence-corrected chi connectivity index (χ2v) is 4.68. The third-order valence-electron chi connectivity index (χ3n) is 3.00. The van der Waals surface area contributed by atoms with Gasteiger partial charge in [0.05, 0.1) is 16.1 Å². The van der Waals surface area contributed by atoms with Crippen LogP contribution in [0.3, 0.4) is 0 Å². The minimum Gasteiger partial charge on any atom is -0.338 e. The molecule has 0 spiro atoms. The molecule has 0 fully saturated rings. The highest BCUT2D eigenvalue weighted by molar-refractivity contribution is 6.33. The molecule has 1 heterocycles. The number of nitrogens with zero attached hydrogens (tertiary/aromatic N) is 1. The SMILES string of the molecule is NNC(=O)c1ccc2nc(-c3ccccc3Cl)[nH]c2c1. The maximum atomic E-state index is 11.5. The third-order valence-corrected chi connectivity index (χ3v) is 3.33. The number of rotatable bonds is 2. The second kappa shape index (κ2) is 4.96. The average molecular weight is 287 g/mol. The molecule has 0 bridgehead atoms. The number of carbonyl (C=O) groups is 1. The lowest BCUT2D eigenvalue weighted by atomic mass is 10.2. The summed E-state index contributed by atoms with van der Waals surface area (Å²) in [5, 5.41) is 0.617. The van der Waals surface area contributed by atoms with Gasteiger partial charge < -0.3 is 4.98 Å². The molecule has 6 heteroatoms. The fourth-order valence-corrected chi connectivity index (χ4v) is 2.24. The van der Waals surface area contributed by atoms with Gasteiger partial charge in [0.15, 0.2) is 0 Å². The summed E-state index contributed by atoms with van der Waals surface area (Å²) in [6.07, 6.45) is 0. The molecule has 3 aromatic rings. The van der Waals surface area contributed by atoms with Crippen LogP contribution < -0.4 is 11.3 Å². The highest BCUT2D eigenvalue weighted by atomic mass is 35.5. The van der Waals surface area contributed by atoms with E-state index in [0.29, 0.717) is 16.4 Å². The number of nitrogens with one attached hydrogen (secondary N) is 2.